The lowest BCUT2D eigenvalue weighted by Gasteiger charge is -2.32. The monoisotopic (exact) mass is 395 g/mol. The number of carbonyl (C=O) groups is 1. The molecule has 0 radical (unpaired) electrons. The quantitative estimate of drug-likeness (QED) is 0.647. The van der Waals surface area contributed by atoms with Gasteiger partial charge in [-0.2, -0.15) is 0 Å². The third-order valence-corrected chi connectivity index (χ3v) is 5.65. The van der Waals surface area contributed by atoms with Crippen molar-refractivity contribution >= 4 is 18.1 Å². The summed E-state index contributed by atoms with van der Waals surface area (Å²) in [5.41, 5.74) is 2.51. The second kappa shape index (κ2) is 8.10. The fraction of sp³-hybridized carbons (Fsp3) is 0.273. The van der Waals surface area contributed by atoms with Gasteiger partial charge in [0.2, 0.25) is 0 Å². The van der Waals surface area contributed by atoms with Gasteiger partial charge in [-0.3, -0.25) is 9.36 Å². The number of likely N-dealkylation sites (tertiary alicyclic amines) is 1. The van der Waals surface area contributed by atoms with Gasteiger partial charge in [0.15, 0.2) is 4.77 Å². The van der Waals surface area contributed by atoms with Gasteiger partial charge in [0.25, 0.3) is 5.91 Å². The van der Waals surface area contributed by atoms with Gasteiger partial charge < -0.3 is 9.88 Å². The molecule has 3 aromatic rings. The minimum atomic E-state index is -0.320. The van der Waals surface area contributed by atoms with Gasteiger partial charge in [0.05, 0.1) is 0 Å². The van der Waals surface area contributed by atoms with Crippen molar-refractivity contribution in [3.05, 3.63) is 82.6 Å². The Hall–Kier alpha value is -2.73. The lowest BCUT2D eigenvalue weighted by Crippen LogP contribution is -2.39. The van der Waals surface area contributed by atoms with Crippen molar-refractivity contribution in [2.45, 2.75) is 19.3 Å². The number of nitrogens with zero attached hydrogens (tertiary/aromatic N) is 2. The maximum absolute atomic E-state index is 13.3. The van der Waals surface area contributed by atoms with Crippen LogP contribution in [-0.2, 0) is 6.42 Å². The Morgan fingerprint density at radius 1 is 1.07 bits per heavy atom. The highest BCUT2D eigenvalue weighted by molar-refractivity contribution is 7.71. The molecule has 1 fully saturated rings. The summed E-state index contributed by atoms with van der Waals surface area (Å²) in [4.78, 5) is 17.9. The van der Waals surface area contributed by atoms with E-state index in [-0.39, 0.29) is 11.7 Å². The van der Waals surface area contributed by atoms with Crippen molar-refractivity contribution in [3.63, 3.8) is 0 Å². The summed E-state index contributed by atoms with van der Waals surface area (Å²) in [6.45, 7) is 1.47. The second-order valence-corrected chi connectivity index (χ2v) is 7.60. The first-order chi connectivity index (χ1) is 13.6. The molecule has 2 aromatic carbocycles. The number of hydrogen-bond donors (Lipinski definition) is 1. The molecule has 1 amide bonds. The van der Waals surface area contributed by atoms with Crippen molar-refractivity contribution in [3.8, 4) is 5.69 Å². The molecule has 0 aliphatic carbocycles. The SMILES string of the molecule is O=C(c1c[nH]c(=S)n1-c1ccc(F)cc1)N1CCC(Cc2ccccc2)CC1. The molecule has 0 atom stereocenters. The number of amides is 1. The number of H-pyrrole nitrogens is 1. The summed E-state index contributed by atoms with van der Waals surface area (Å²) in [6.07, 6.45) is 4.67. The molecule has 28 heavy (non-hydrogen) atoms. The molecule has 0 saturated carbocycles. The zero-order valence-corrected chi connectivity index (χ0v) is 16.3. The van der Waals surface area contributed by atoms with Crippen LogP contribution in [0.2, 0.25) is 0 Å². The molecule has 1 saturated heterocycles. The number of nitrogens with one attached hydrogen (secondary N) is 1. The van der Waals surface area contributed by atoms with E-state index in [1.807, 2.05) is 11.0 Å². The van der Waals surface area contributed by atoms with E-state index in [4.69, 9.17) is 12.2 Å². The fourth-order valence-corrected chi connectivity index (χ4v) is 4.08. The molecule has 4 rings (SSSR count). The highest BCUT2D eigenvalue weighted by Gasteiger charge is 2.26. The normalized spacial score (nSPS) is 15.0. The number of rotatable bonds is 4. The van der Waals surface area contributed by atoms with Gasteiger partial charge in [0, 0.05) is 25.0 Å². The van der Waals surface area contributed by atoms with Crippen molar-refractivity contribution in [1.82, 2.24) is 14.5 Å². The molecule has 1 aromatic heterocycles. The lowest BCUT2D eigenvalue weighted by atomic mass is 9.90. The van der Waals surface area contributed by atoms with Gasteiger partial charge in [-0.15, -0.1) is 0 Å². The van der Waals surface area contributed by atoms with Crippen LogP contribution >= 0.6 is 12.2 Å². The fourth-order valence-electron chi connectivity index (χ4n) is 3.82. The Kier molecular flexibility index (Phi) is 5.39. The third-order valence-electron chi connectivity index (χ3n) is 5.35. The molecule has 4 nitrogen and oxygen atoms in total. The van der Waals surface area contributed by atoms with Crippen molar-refractivity contribution in [2.75, 3.05) is 13.1 Å². The molecule has 1 aliphatic heterocycles. The van der Waals surface area contributed by atoms with Crippen LogP contribution in [-0.4, -0.2) is 33.4 Å². The summed E-state index contributed by atoms with van der Waals surface area (Å²) < 4.78 is 15.4. The van der Waals surface area contributed by atoms with Gasteiger partial charge in [-0.1, -0.05) is 30.3 Å². The number of imidazole rings is 1. The minimum absolute atomic E-state index is 0.0464. The maximum atomic E-state index is 13.3. The number of aromatic amines is 1. The van der Waals surface area contributed by atoms with Crippen LogP contribution in [0.25, 0.3) is 5.69 Å². The van der Waals surface area contributed by atoms with Crippen LogP contribution in [0, 0.1) is 16.5 Å². The highest BCUT2D eigenvalue weighted by atomic mass is 32.1. The van der Waals surface area contributed by atoms with Crippen LogP contribution in [0.3, 0.4) is 0 Å². The Morgan fingerprint density at radius 2 is 1.75 bits per heavy atom. The Morgan fingerprint density at radius 3 is 2.43 bits per heavy atom. The molecule has 1 N–H and O–H groups in total. The summed E-state index contributed by atoms with van der Waals surface area (Å²) in [5, 5.41) is 0. The summed E-state index contributed by atoms with van der Waals surface area (Å²) >= 11 is 5.34. The van der Waals surface area contributed by atoms with Crippen molar-refractivity contribution < 1.29 is 9.18 Å². The molecule has 0 bridgehead atoms. The van der Waals surface area contributed by atoms with E-state index >= 15 is 0 Å². The van der Waals surface area contributed by atoms with Crippen LogP contribution < -0.4 is 0 Å². The van der Waals surface area contributed by atoms with E-state index < -0.39 is 0 Å². The van der Waals surface area contributed by atoms with E-state index in [1.54, 1.807) is 22.9 Å². The first kappa shape index (κ1) is 18.6. The second-order valence-electron chi connectivity index (χ2n) is 7.22. The van der Waals surface area contributed by atoms with Gasteiger partial charge >= 0.3 is 0 Å². The molecule has 1 aliphatic rings. The number of carbonyl (C=O) groups excluding carboxylic acids is 1. The molecule has 144 valence electrons. The predicted octanol–water partition coefficient (Wildman–Crippen LogP) is 4.77. The maximum Gasteiger partial charge on any atom is 0.272 e. The summed E-state index contributed by atoms with van der Waals surface area (Å²) in [7, 11) is 0. The zero-order chi connectivity index (χ0) is 19.5. The standard InChI is InChI=1S/C22H22FN3OS/c23-18-6-8-19(9-7-18)26-20(15-24-22(26)28)21(27)25-12-10-17(11-13-25)14-16-4-2-1-3-5-16/h1-9,15,17H,10-14H2,(H,24,28). The molecule has 2 heterocycles. The number of halogens is 1. The van der Waals surface area contributed by atoms with E-state index in [2.05, 4.69) is 29.2 Å². The number of hydrogen-bond acceptors (Lipinski definition) is 2. The number of benzene rings is 2. The van der Waals surface area contributed by atoms with E-state index in [0.29, 0.717) is 22.1 Å². The van der Waals surface area contributed by atoms with Crippen LogP contribution in [0.5, 0.6) is 0 Å². The number of piperidine rings is 1. The highest BCUT2D eigenvalue weighted by Crippen LogP contribution is 2.24. The molecular weight excluding hydrogens is 373 g/mol. The lowest BCUT2D eigenvalue weighted by molar-refractivity contribution is 0.0682. The van der Waals surface area contributed by atoms with E-state index in [9.17, 15) is 9.18 Å². The average Bonchev–Trinajstić information content (AvgIpc) is 3.11. The smallest absolute Gasteiger partial charge is 0.272 e. The summed E-state index contributed by atoms with van der Waals surface area (Å²) in [5.74, 6) is 0.227. The minimum Gasteiger partial charge on any atom is -0.337 e. The third kappa shape index (κ3) is 3.92. The molecule has 0 spiro atoms. The van der Waals surface area contributed by atoms with E-state index in [0.717, 1.165) is 32.4 Å². The Bertz CT molecular complexity index is 1000. The largest absolute Gasteiger partial charge is 0.337 e. The van der Waals surface area contributed by atoms with Crippen molar-refractivity contribution in [1.29, 1.82) is 0 Å². The number of aromatic nitrogens is 2. The first-order valence-electron chi connectivity index (χ1n) is 9.51. The molecular formula is C22H22FN3OS. The molecule has 0 unspecified atom stereocenters. The van der Waals surface area contributed by atoms with Crippen LogP contribution in [0.4, 0.5) is 4.39 Å². The molecule has 6 heteroatoms. The van der Waals surface area contributed by atoms with Gasteiger partial charge in [0.1, 0.15) is 11.5 Å². The zero-order valence-electron chi connectivity index (χ0n) is 15.5. The average molecular weight is 396 g/mol. The van der Waals surface area contributed by atoms with Crippen LogP contribution in [0.1, 0.15) is 28.9 Å². The topological polar surface area (TPSA) is 41.0 Å². The summed E-state index contributed by atoms with van der Waals surface area (Å²) in [6, 6.07) is 16.5. The first-order valence-corrected chi connectivity index (χ1v) is 9.92. The predicted molar refractivity (Wildman–Crippen MR) is 110 cm³/mol. The Balaban J connectivity index is 1.46. The van der Waals surface area contributed by atoms with Crippen molar-refractivity contribution in [2.24, 2.45) is 5.92 Å². The van der Waals surface area contributed by atoms with Crippen LogP contribution in [0.15, 0.2) is 60.8 Å². The Labute approximate surface area is 168 Å². The van der Waals surface area contributed by atoms with E-state index in [1.165, 1.54) is 17.7 Å². The van der Waals surface area contributed by atoms with Gasteiger partial charge in [-0.05, 0) is 67.2 Å². The van der Waals surface area contributed by atoms with Gasteiger partial charge in [-0.25, -0.2) is 4.39 Å².